The second-order valence-corrected chi connectivity index (χ2v) is 7.19. The molecule has 6 nitrogen and oxygen atoms in total. The van der Waals surface area contributed by atoms with Crippen molar-refractivity contribution in [2.24, 2.45) is 0 Å². The van der Waals surface area contributed by atoms with Gasteiger partial charge in [0.1, 0.15) is 0 Å². The number of methoxy groups -OCH3 is 1. The van der Waals surface area contributed by atoms with E-state index in [9.17, 15) is 14.7 Å². The fourth-order valence-corrected chi connectivity index (χ4v) is 3.42. The fourth-order valence-electron chi connectivity index (χ4n) is 3.42. The lowest BCUT2D eigenvalue weighted by Crippen LogP contribution is -2.40. The molecule has 0 aliphatic carbocycles. The van der Waals surface area contributed by atoms with E-state index in [2.05, 4.69) is 5.32 Å². The van der Waals surface area contributed by atoms with E-state index in [1.54, 1.807) is 36.4 Å². The van der Waals surface area contributed by atoms with Gasteiger partial charge >= 0.3 is 5.97 Å². The molecule has 2 aromatic carbocycles. The maximum absolute atomic E-state index is 12.6. The molecule has 1 heterocycles. The molecule has 3 rings (SSSR count). The lowest BCUT2D eigenvalue weighted by Gasteiger charge is -2.23. The minimum atomic E-state index is -0.461. The first-order chi connectivity index (χ1) is 13.5. The Kier molecular flexibility index (Phi) is 6.11. The van der Waals surface area contributed by atoms with Crippen LogP contribution in [-0.2, 0) is 16.1 Å². The zero-order chi connectivity index (χ0) is 20.1. The molecule has 28 heavy (non-hydrogen) atoms. The van der Waals surface area contributed by atoms with E-state index in [-0.39, 0.29) is 18.1 Å². The first kappa shape index (κ1) is 20.0. The quantitative estimate of drug-likeness (QED) is 0.749. The van der Waals surface area contributed by atoms with Crippen LogP contribution in [0.4, 0.5) is 0 Å². The van der Waals surface area contributed by atoms with Gasteiger partial charge in [0.25, 0.3) is 5.91 Å². The number of hydrogen-bond acceptors (Lipinski definition) is 5. The molecule has 2 aromatic rings. The van der Waals surface area contributed by atoms with Gasteiger partial charge < -0.3 is 19.9 Å². The van der Waals surface area contributed by atoms with Crippen LogP contribution < -0.4 is 5.32 Å². The van der Waals surface area contributed by atoms with Crippen LogP contribution in [0.3, 0.4) is 0 Å². The second kappa shape index (κ2) is 8.54. The third-order valence-electron chi connectivity index (χ3n) is 5.06. The summed E-state index contributed by atoms with van der Waals surface area (Å²) in [5.74, 6) is -0.632. The predicted octanol–water partition coefficient (Wildman–Crippen LogP) is 2.93. The van der Waals surface area contributed by atoms with Crippen molar-refractivity contribution in [3.05, 3.63) is 59.2 Å². The molecule has 0 radical (unpaired) electrons. The molecule has 1 aliphatic heterocycles. The monoisotopic (exact) mass is 383 g/mol. The van der Waals surface area contributed by atoms with E-state index in [1.165, 1.54) is 7.11 Å². The van der Waals surface area contributed by atoms with Crippen LogP contribution in [0.25, 0.3) is 11.1 Å². The highest BCUT2D eigenvalue weighted by Crippen LogP contribution is 2.27. The number of rotatable bonds is 6. The van der Waals surface area contributed by atoms with Gasteiger partial charge in [0.15, 0.2) is 0 Å². The van der Waals surface area contributed by atoms with Gasteiger partial charge in [0.2, 0.25) is 0 Å². The summed E-state index contributed by atoms with van der Waals surface area (Å²) in [5.41, 5.74) is 2.73. The van der Waals surface area contributed by atoms with Gasteiger partial charge in [-0.15, -0.1) is 0 Å². The van der Waals surface area contributed by atoms with Gasteiger partial charge in [-0.2, -0.15) is 0 Å². The van der Waals surface area contributed by atoms with Gasteiger partial charge in [0.05, 0.1) is 24.9 Å². The normalized spacial score (nSPS) is 18.7. The number of esters is 1. The van der Waals surface area contributed by atoms with Crippen molar-refractivity contribution in [3.63, 3.8) is 0 Å². The molecule has 1 amide bonds. The van der Waals surface area contributed by atoms with Crippen molar-refractivity contribution < 1.29 is 24.2 Å². The molecule has 0 saturated carbocycles. The summed E-state index contributed by atoms with van der Waals surface area (Å²) in [5, 5.41) is 12.7. The van der Waals surface area contributed by atoms with Crippen molar-refractivity contribution in [2.75, 3.05) is 20.3 Å². The average Bonchev–Trinajstić information content (AvgIpc) is 3.17. The first-order valence-corrected chi connectivity index (χ1v) is 9.30. The molecular weight excluding hydrogens is 358 g/mol. The number of nitrogens with one attached hydrogen (secondary N) is 1. The number of carbonyl (C=O) groups excluding carboxylic acids is 2. The van der Waals surface area contributed by atoms with Crippen LogP contribution >= 0.6 is 0 Å². The standard InChI is InChI=1S/C22H25NO5/c1-22(9-4-10-28-22)14-23-20(25)16-6-3-5-15(11-16)19-8-7-17(21(26)27-2)12-18(19)13-24/h3,5-8,11-12,24H,4,9-10,13-14H2,1-2H3,(H,23,25)/t22-/m0/s1. The number of aliphatic hydroxyl groups is 1. The molecule has 0 aromatic heterocycles. The smallest absolute Gasteiger partial charge is 0.337 e. The summed E-state index contributed by atoms with van der Waals surface area (Å²) in [6.45, 7) is 2.97. The van der Waals surface area contributed by atoms with Crippen LogP contribution in [-0.4, -0.2) is 42.8 Å². The third-order valence-corrected chi connectivity index (χ3v) is 5.06. The molecule has 1 saturated heterocycles. The summed E-state index contributed by atoms with van der Waals surface area (Å²) in [7, 11) is 1.31. The average molecular weight is 383 g/mol. The van der Waals surface area contributed by atoms with Crippen molar-refractivity contribution >= 4 is 11.9 Å². The highest BCUT2D eigenvalue weighted by atomic mass is 16.5. The highest BCUT2D eigenvalue weighted by Gasteiger charge is 2.30. The molecule has 0 bridgehead atoms. The number of amides is 1. The Labute approximate surface area is 164 Å². The Morgan fingerprint density at radius 2 is 2.04 bits per heavy atom. The predicted molar refractivity (Wildman–Crippen MR) is 105 cm³/mol. The topological polar surface area (TPSA) is 84.9 Å². The van der Waals surface area contributed by atoms with Crippen molar-refractivity contribution in [1.82, 2.24) is 5.32 Å². The molecule has 148 valence electrons. The number of carbonyl (C=O) groups is 2. The van der Waals surface area contributed by atoms with Gasteiger partial charge in [-0.25, -0.2) is 4.79 Å². The van der Waals surface area contributed by atoms with E-state index in [0.29, 0.717) is 23.2 Å². The molecule has 0 unspecified atom stereocenters. The summed E-state index contributed by atoms with van der Waals surface area (Å²) < 4.78 is 10.4. The Morgan fingerprint density at radius 3 is 2.71 bits per heavy atom. The summed E-state index contributed by atoms with van der Waals surface area (Å²) >= 11 is 0. The summed E-state index contributed by atoms with van der Waals surface area (Å²) in [4.78, 5) is 24.3. The lowest BCUT2D eigenvalue weighted by molar-refractivity contribution is 0.0206. The Bertz CT molecular complexity index is 871. The lowest BCUT2D eigenvalue weighted by atomic mass is 9.96. The van der Waals surface area contributed by atoms with Gasteiger partial charge in [-0.1, -0.05) is 18.2 Å². The zero-order valence-electron chi connectivity index (χ0n) is 16.2. The van der Waals surface area contributed by atoms with E-state index >= 15 is 0 Å². The molecule has 6 heteroatoms. The third kappa shape index (κ3) is 4.40. The Morgan fingerprint density at radius 1 is 1.21 bits per heavy atom. The van der Waals surface area contributed by atoms with Crippen LogP contribution in [0.2, 0.25) is 0 Å². The number of benzene rings is 2. The SMILES string of the molecule is COC(=O)c1ccc(-c2cccc(C(=O)NC[C@]3(C)CCCO3)c2)c(CO)c1. The van der Waals surface area contributed by atoms with Gasteiger partial charge in [-0.05, 0) is 60.7 Å². The van der Waals surface area contributed by atoms with Crippen molar-refractivity contribution in [2.45, 2.75) is 32.0 Å². The van der Waals surface area contributed by atoms with E-state index in [0.717, 1.165) is 30.6 Å². The van der Waals surface area contributed by atoms with Crippen molar-refractivity contribution in [1.29, 1.82) is 0 Å². The van der Waals surface area contributed by atoms with E-state index in [4.69, 9.17) is 9.47 Å². The number of ether oxygens (including phenoxy) is 2. The second-order valence-electron chi connectivity index (χ2n) is 7.19. The largest absolute Gasteiger partial charge is 0.465 e. The number of hydrogen-bond donors (Lipinski definition) is 2. The van der Waals surface area contributed by atoms with Crippen LogP contribution in [0.1, 0.15) is 46.0 Å². The fraction of sp³-hybridized carbons (Fsp3) is 0.364. The number of aliphatic hydroxyl groups excluding tert-OH is 1. The van der Waals surface area contributed by atoms with Gasteiger partial charge in [-0.3, -0.25) is 4.79 Å². The van der Waals surface area contributed by atoms with Crippen molar-refractivity contribution in [3.8, 4) is 11.1 Å². The van der Waals surface area contributed by atoms with E-state index in [1.807, 2.05) is 13.0 Å². The molecule has 1 fully saturated rings. The minimum absolute atomic E-state index is 0.171. The Balaban J connectivity index is 1.80. The molecule has 0 spiro atoms. The van der Waals surface area contributed by atoms with Crippen LogP contribution in [0, 0.1) is 0 Å². The summed E-state index contributed by atoms with van der Waals surface area (Å²) in [6.07, 6.45) is 1.94. The van der Waals surface area contributed by atoms with Crippen LogP contribution in [0.15, 0.2) is 42.5 Å². The molecule has 2 N–H and O–H groups in total. The molecule has 1 aliphatic rings. The highest BCUT2D eigenvalue weighted by molar-refractivity contribution is 5.96. The van der Waals surface area contributed by atoms with Gasteiger partial charge in [0, 0.05) is 18.7 Å². The zero-order valence-corrected chi connectivity index (χ0v) is 16.2. The maximum Gasteiger partial charge on any atom is 0.337 e. The maximum atomic E-state index is 12.6. The molecular formula is C22H25NO5. The Hall–Kier alpha value is -2.70. The first-order valence-electron chi connectivity index (χ1n) is 9.30. The minimum Gasteiger partial charge on any atom is -0.465 e. The summed E-state index contributed by atoms with van der Waals surface area (Å²) in [6, 6.07) is 12.2. The molecule has 1 atom stereocenters. The van der Waals surface area contributed by atoms with Crippen LogP contribution in [0.5, 0.6) is 0 Å². The van der Waals surface area contributed by atoms with E-state index < -0.39 is 5.97 Å².